The molecule has 0 aliphatic carbocycles. The maximum Gasteiger partial charge on any atom is 0.240 e. The van der Waals surface area contributed by atoms with Crippen molar-refractivity contribution < 1.29 is 17.9 Å². The number of sulfonamides is 1. The summed E-state index contributed by atoms with van der Waals surface area (Å²) in [6.45, 7) is 4.14. The van der Waals surface area contributed by atoms with Crippen LogP contribution in [0.15, 0.2) is 47.4 Å². The number of hydrogen-bond donors (Lipinski definition) is 2. The van der Waals surface area contributed by atoms with Gasteiger partial charge in [-0.1, -0.05) is 24.3 Å². The minimum Gasteiger partial charge on any atom is -0.496 e. The Bertz CT molecular complexity index is 879. The molecule has 0 aliphatic heterocycles. The van der Waals surface area contributed by atoms with Crippen LogP contribution in [-0.4, -0.2) is 28.0 Å². The molecule has 2 N–H and O–H groups in total. The van der Waals surface area contributed by atoms with Crippen molar-refractivity contribution in [3.63, 3.8) is 0 Å². The highest BCUT2D eigenvalue weighted by molar-refractivity contribution is 7.89. The monoisotopic (exact) mass is 376 g/mol. The molecule has 0 heterocycles. The van der Waals surface area contributed by atoms with Gasteiger partial charge in [-0.2, -0.15) is 0 Å². The Hall–Kier alpha value is -2.38. The lowest BCUT2D eigenvalue weighted by atomic mass is 10.1. The summed E-state index contributed by atoms with van der Waals surface area (Å²) >= 11 is 0. The molecule has 0 aliphatic rings. The summed E-state index contributed by atoms with van der Waals surface area (Å²) in [7, 11) is -2.05. The second kappa shape index (κ2) is 8.82. The topological polar surface area (TPSA) is 84.5 Å². The third kappa shape index (κ3) is 5.31. The molecule has 26 heavy (non-hydrogen) atoms. The zero-order valence-corrected chi connectivity index (χ0v) is 16.0. The van der Waals surface area contributed by atoms with Crippen LogP contribution < -0.4 is 14.8 Å². The summed E-state index contributed by atoms with van der Waals surface area (Å²) in [6.07, 6.45) is 0.0548. The lowest BCUT2D eigenvalue weighted by Crippen LogP contribution is -2.30. The van der Waals surface area contributed by atoms with Gasteiger partial charge in [0.05, 0.1) is 12.0 Å². The van der Waals surface area contributed by atoms with Crippen molar-refractivity contribution in [2.75, 3.05) is 13.7 Å². The smallest absolute Gasteiger partial charge is 0.240 e. The Morgan fingerprint density at radius 1 is 1.08 bits per heavy atom. The van der Waals surface area contributed by atoms with Crippen LogP contribution in [0.25, 0.3) is 0 Å². The van der Waals surface area contributed by atoms with Gasteiger partial charge in [0, 0.05) is 25.1 Å². The Morgan fingerprint density at radius 3 is 2.50 bits per heavy atom. The van der Waals surface area contributed by atoms with Gasteiger partial charge >= 0.3 is 0 Å². The third-order valence-electron chi connectivity index (χ3n) is 4.10. The number of carbonyl (C=O) groups excluding carboxylic acids is 1. The van der Waals surface area contributed by atoms with E-state index in [1.165, 1.54) is 0 Å². The van der Waals surface area contributed by atoms with Crippen LogP contribution in [0.4, 0.5) is 0 Å². The predicted octanol–water partition coefficient (Wildman–Crippen LogP) is 2.30. The van der Waals surface area contributed by atoms with E-state index in [9.17, 15) is 13.2 Å². The minimum absolute atomic E-state index is 0.0347. The average Bonchev–Trinajstić information content (AvgIpc) is 2.62. The molecule has 0 spiro atoms. The van der Waals surface area contributed by atoms with Crippen molar-refractivity contribution in [2.45, 2.75) is 31.7 Å². The standard InChI is InChI=1S/C19H24N2O4S/c1-14-8-9-17(12-15(14)2)26(23,24)21-11-10-19(22)20-13-16-6-4-5-7-18(16)25-3/h4-9,12,21H,10-11,13H2,1-3H3,(H,20,22). The highest BCUT2D eigenvalue weighted by atomic mass is 32.2. The molecule has 0 bridgehead atoms. The van der Waals surface area contributed by atoms with E-state index in [4.69, 9.17) is 4.74 Å². The van der Waals surface area contributed by atoms with Crippen LogP contribution in [0.2, 0.25) is 0 Å². The Kier molecular flexibility index (Phi) is 6.76. The van der Waals surface area contributed by atoms with E-state index >= 15 is 0 Å². The molecule has 1 amide bonds. The van der Waals surface area contributed by atoms with E-state index < -0.39 is 10.0 Å². The number of carbonyl (C=O) groups is 1. The number of amides is 1. The maximum atomic E-state index is 12.3. The van der Waals surface area contributed by atoms with Gasteiger partial charge in [-0.3, -0.25) is 4.79 Å². The molecule has 0 saturated carbocycles. The average molecular weight is 376 g/mol. The first-order valence-corrected chi connectivity index (χ1v) is 9.77. The summed E-state index contributed by atoms with van der Waals surface area (Å²) in [5.74, 6) is 0.460. The predicted molar refractivity (Wildman–Crippen MR) is 101 cm³/mol. The molecular formula is C19H24N2O4S. The molecule has 0 fully saturated rings. The first-order valence-electron chi connectivity index (χ1n) is 8.29. The summed E-state index contributed by atoms with van der Waals surface area (Å²) in [5, 5.41) is 2.76. The van der Waals surface area contributed by atoms with Crippen LogP contribution in [-0.2, 0) is 21.4 Å². The lowest BCUT2D eigenvalue weighted by Gasteiger charge is -2.10. The minimum atomic E-state index is -3.62. The second-order valence-electron chi connectivity index (χ2n) is 5.98. The summed E-state index contributed by atoms with van der Waals surface area (Å²) < 4.78 is 32.2. The van der Waals surface area contributed by atoms with Crippen LogP contribution in [0.1, 0.15) is 23.1 Å². The summed E-state index contributed by atoms with van der Waals surface area (Å²) in [4.78, 5) is 12.2. The first-order chi connectivity index (χ1) is 12.3. The van der Waals surface area contributed by atoms with Crippen molar-refractivity contribution >= 4 is 15.9 Å². The van der Waals surface area contributed by atoms with Crippen LogP contribution in [0.3, 0.4) is 0 Å². The van der Waals surface area contributed by atoms with Gasteiger partial charge in [0.2, 0.25) is 15.9 Å². The fraction of sp³-hybridized carbons (Fsp3) is 0.316. The first kappa shape index (κ1) is 19.9. The van der Waals surface area contributed by atoms with E-state index in [2.05, 4.69) is 10.0 Å². The van der Waals surface area contributed by atoms with Gasteiger partial charge in [-0.05, 0) is 43.2 Å². The van der Waals surface area contributed by atoms with Gasteiger partial charge in [0.25, 0.3) is 0 Å². The fourth-order valence-corrected chi connectivity index (χ4v) is 3.51. The molecular weight excluding hydrogens is 352 g/mol. The number of para-hydroxylation sites is 1. The van der Waals surface area contributed by atoms with Gasteiger partial charge in [0.15, 0.2) is 0 Å². The SMILES string of the molecule is COc1ccccc1CNC(=O)CCNS(=O)(=O)c1ccc(C)c(C)c1. The Labute approximate surface area is 154 Å². The fourth-order valence-electron chi connectivity index (χ4n) is 2.39. The third-order valence-corrected chi connectivity index (χ3v) is 5.56. The van der Waals surface area contributed by atoms with Crippen LogP contribution >= 0.6 is 0 Å². The van der Waals surface area contributed by atoms with Crippen LogP contribution in [0.5, 0.6) is 5.75 Å². The summed E-state index contributed by atoms with van der Waals surface area (Å²) in [6, 6.07) is 12.4. The van der Waals surface area contributed by atoms with Crippen molar-refractivity contribution in [3.8, 4) is 5.75 Å². The van der Waals surface area contributed by atoms with E-state index in [1.54, 1.807) is 25.3 Å². The number of benzene rings is 2. The number of ether oxygens (including phenoxy) is 1. The lowest BCUT2D eigenvalue weighted by molar-refractivity contribution is -0.121. The van der Waals surface area contributed by atoms with Crippen LogP contribution in [0, 0.1) is 13.8 Å². The maximum absolute atomic E-state index is 12.3. The quantitative estimate of drug-likeness (QED) is 0.740. The van der Waals surface area contributed by atoms with Crippen molar-refractivity contribution in [1.29, 1.82) is 0 Å². The number of nitrogens with one attached hydrogen (secondary N) is 2. The molecule has 0 aromatic heterocycles. The Balaban J connectivity index is 1.84. The summed E-state index contributed by atoms with van der Waals surface area (Å²) in [5.41, 5.74) is 2.79. The molecule has 0 atom stereocenters. The highest BCUT2D eigenvalue weighted by Gasteiger charge is 2.15. The zero-order chi connectivity index (χ0) is 19.2. The molecule has 2 aromatic rings. The number of rotatable bonds is 8. The number of methoxy groups -OCH3 is 1. The molecule has 0 unspecified atom stereocenters. The van der Waals surface area contributed by atoms with Crippen molar-refractivity contribution in [1.82, 2.24) is 10.0 Å². The van der Waals surface area contributed by atoms with Crippen molar-refractivity contribution in [2.24, 2.45) is 0 Å². The normalized spacial score (nSPS) is 11.2. The van der Waals surface area contributed by atoms with Crippen molar-refractivity contribution in [3.05, 3.63) is 59.2 Å². The molecule has 140 valence electrons. The van der Waals surface area contributed by atoms with E-state index in [0.717, 1.165) is 16.7 Å². The molecule has 0 radical (unpaired) electrons. The van der Waals surface area contributed by atoms with E-state index in [-0.39, 0.29) is 23.8 Å². The van der Waals surface area contributed by atoms with E-state index in [0.29, 0.717) is 12.3 Å². The van der Waals surface area contributed by atoms with E-state index in [1.807, 2.05) is 38.1 Å². The largest absolute Gasteiger partial charge is 0.496 e. The van der Waals surface area contributed by atoms with Gasteiger partial charge in [-0.25, -0.2) is 13.1 Å². The molecule has 2 aromatic carbocycles. The van der Waals surface area contributed by atoms with Gasteiger partial charge in [0.1, 0.15) is 5.75 Å². The highest BCUT2D eigenvalue weighted by Crippen LogP contribution is 2.17. The second-order valence-corrected chi connectivity index (χ2v) is 7.75. The zero-order valence-electron chi connectivity index (χ0n) is 15.2. The number of aryl methyl sites for hydroxylation is 2. The molecule has 7 heteroatoms. The Morgan fingerprint density at radius 2 is 1.81 bits per heavy atom. The number of hydrogen-bond acceptors (Lipinski definition) is 4. The molecule has 6 nitrogen and oxygen atoms in total. The van der Waals surface area contributed by atoms with Gasteiger partial charge in [-0.15, -0.1) is 0 Å². The molecule has 0 saturated heterocycles. The van der Waals surface area contributed by atoms with Gasteiger partial charge < -0.3 is 10.1 Å². The molecule has 2 rings (SSSR count).